The molecule has 0 aromatic heterocycles. The van der Waals surface area contributed by atoms with Crippen LogP contribution in [0.4, 0.5) is 4.79 Å². The van der Waals surface area contributed by atoms with E-state index in [0.717, 1.165) is 11.1 Å². The van der Waals surface area contributed by atoms with Crippen LogP contribution >= 0.6 is 0 Å². The Bertz CT molecular complexity index is 1530. The number of piperazine rings is 1. The normalized spacial score (nSPS) is 18.5. The molecule has 1 unspecified atom stereocenters. The second kappa shape index (κ2) is 13.4. The van der Waals surface area contributed by atoms with Crippen molar-refractivity contribution in [3.05, 3.63) is 114 Å². The molecule has 44 heavy (non-hydrogen) atoms. The van der Waals surface area contributed by atoms with Gasteiger partial charge in [-0.2, -0.15) is 0 Å². The number of phenolic OH excluding ortho intramolecular Hbond substituents is 1. The zero-order chi connectivity index (χ0) is 31.2. The number of fused-ring (bicyclic) bond motifs is 1. The summed E-state index contributed by atoms with van der Waals surface area (Å²) in [5, 5.41) is 24.9. The number of phenols is 1. The minimum Gasteiger partial charge on any atom is -0.508 e. The molecule has 2 saturated heterocycles. The largest absolute Gasteiger partial charge is 0.508 e. The van der Waals surface area contributed by atoms with E-state index in [1.54, 1.807) is 51.8 Å². The van der Waals surface area contributed by atoms with E-state index in [1.165, 1.54) is 28.1 Å². The molecule has 228 valence electrons. The second-order valence-electron chi connectivity index (χ2n) is 10.7. The maximum Gasteiger partial charge on any atom is 0.334 e. The van der Waals surface area contributed by atoms with E-state index in [2.05, 4.69) is 11.9 Å². The van der Waals surface area contributed by atoms with Gasteiger partial charge in [0.2, 0.25) is 11.8 Å². The molecule has 2 aliphatic rings. The molecular weight excluding hydrogens is 564 g/mol. The number of nitrogens with one attached hydrogen (secondary N) is 2. The fourth-order valence-electron chi connectivity index (χ4n) is 5.65. The zero-order valence-corrected chi connectivity index (χ0v) is 24.0. The number of carbonyl (C=O) groups excluding carboxylic acids is 4. The molecule has 0 radical (unpaired) electrons. The molecular formula is C32H34N6O6. The summed E-state index contributed by atoms with van der Waals surface area (Å²) in [5.74, 6) is -1.23. The van der Waals surface area contributed by atoms with Crippen LogP contribution in [0.2, 0.25) is 0 Å². The molecule has 2 fully saturated rings. The van der Waals surface area contributed by atoms with Gasteiger partial charge >= 0.3 is 6.03 Å². The van der Waals surface area contributed by atoms with E-state index >= 15 is 0 Å². The number of rotatable bonds is 9. The fourth-order valence-corrected chi connectivity index (χ4v) is 5.65. The highest BCUT2D eigenvalue weighted by molar-refractivity contribution is 5.94. The SMILES string of the molecule is C=CCN1CC(=O)N2C(Cc3ccc(O)cc3)C(=O)N(Cc3cccc(C(=O)NO)c3)C[C@@H]2N1C(=O)NCc1ccccc1. The molecule has 4 N–H and O–H groups in total. The van der Waals surface area contributed by atoms with Crippen molar-refractivity contribution in [3.8, 4) is 5.75 Å². The molecule has 2 heterocycles. The summed E-state index contributed by atoms with van der Waals surface area (Å²) in [4.78, 5) is 56.7. The first-order valence-electron chi connectivity index (χ1n) is 14.2. The van der Waals surface area contributed by atoms with Crippen LogP contribution in [0.3, 0.4) is 0 Å². The first-order chi connectivity index (χ1) is 21.3. The van der Waals surface area contributed by atoms with Gasteiger partial charge in [-0.3, -0.25) is 19.6 Å². The number of hydroxylamine groups is 1. The maximum absolute atomic E-state index is 14.1. The first-order valence-corrected chi connectivity index (χ1v) is 14.2. The van der Waals surface area contributed by atoms with E-state index in [-0.39, 0.29) is 62.3 Å². The van der Waals surface area contributed by atoms with Crippen LogP contribution < -0.4 is 10.8 Å². The molecule has 12 heteroatoms. The van der Waals surface area contributed by atoms with Gasteiger partial charge in [0, 0.05) is 31.6 Å². The van der Waals surface area contributed by atoms with Crippen LogP contribution in [0, 0.1) is 0 Å². The van der Waals surface area contributed by atoms with Crippen molar-refractivity contribution in [3.63, 3.8) is 0 Å². The number of hydrogen-bond donors (Lipinski definition) is 4. The van der Waals surface area contributed by atoms with E-state index in [1.807, 2.05) is 30.3 Å². The van der Waals surface area contributed by atoms with Gasteiger partial charge in [-0.1, -0.05) is 60.7 Å². The van der Waals surface area contributed by atoms with Crippen molar-refractivity contribution < 1.29 is 29.5 Å². The van der Waals surface area contributed by atoms with Crippen LogP contribution in [0.5, 0.6) is 5.75 Å². The lowest BCUT2D eigenvalue weighted by Crippen LogP contribution is -2.76. The molecule has 2 atom stereocenters. The van der Waals surface area contributed by atoms with Crippen LogP contribution in [0.15, 0.2) is 91.5 Å². The van der Waals surface area contributed by atoms with Gasteiger partial charge in [0.1, 0.15) is 18.0 Å². The number of nitrogens with zero attached hydrogens (tertiary/aromatic N) is 4. The number of hydrogen-bond acceptors (Lipinski definition) is 7. The average Bonchev–Trinajstić information content (AvgIpc) is 3.03. The molecule has 12 nitrogen and oxygen atoms in total. The number of benzene rings is 3. The maximum atomic E-state index is 14.1. The monoisotopic (exact) mass is 598 g/mol. The van der Waals surface area contributed by atoms with Gasteiger partial charge in [0.25, 0.3) is 5.91 Å². The topological polar surface area (TPSA) is 146 Å². The lowest BCUT2D eigenvalue weighted by Gasteiger charge is -2.55. The molecule has 0 bridgehead atoms. The third-order valence-corrected chi connectivity index (χ3v) is 7.69. The Morgan fingerprint density at radius 2 is 1.68 bits per heavy atom. The van der Waals surface area contributed by atoms with Gasteiger partial charge < -0.3 is 20.2 Å². The Kier molecular flexibility index (Phi) is 9.22. The van der Waals surface area contributed by atoms with Gasteiger partial charge in [-0.05, 0) is 41.0 Å². The average molecular weight is 599 g/mol. The first kappa shape index (κ1) is 30.3. The summed E-state index contributed by atoms with van der Waals surface area (Å²) in [5.41, 5.74) is 4.08. The second-order valence-corrected chi connectivity index (χ2v) is 10.7. The van der Waals surface area contributed by atoms with Gasteiger partial charge in [0.05, 0.1) is 13.1 Å². The van der Waals surface area contributed by atoms with E-state index in [0.29, 0.717) is 5.56 Å². The third-order valence-electron chi connectivity index (χ3n) is 7.69. The summed E-state index contributed by atoms with van der Waals surface area (Å²) in [6, 6.07) is 21.0. The molecule has 0 aliphatic carbocycles. The Hall–Kier alpha value is -5.20. The van der Waals surface area contributed by atoms with E-state index < -0.39 is 24.1 Å². The molecule has 3 aromatic rings. The van der Waals surface area contributed by atoms with Gasteiger partial charge in [-0.15, -0.1) is 6.58 Å². The smallest absolute Gasteiger partial charge is 0.334 e. The highest BCUT2D eigenvalue weighted by Gasteiger charge is 2.51. The van der Waals surface area contributed by atoms with Crippen LogP contribution in [0.25, 0.3) is 0 Å². The van der Waals surface area contributed by atoms with Crippen LogP contribution in [-0.4, -0.2) is 85.7 Å². The quantitative estimate of drug-likeness (QED) is 0.168. The summed E-state index contributed by atoms with van der Waals surface area (Å²) < 4.78 is 0. The van der Waals surface area contributed by atoms with Crippen LogP contribution in [0.1, 0.15) is 27.0 Å². The number of aromatic hydroxyl groups is 1. The van der Waals surface area contributed by atoms with Crippen molar-refractivity contribution in [1.82, 2.24) is 30.6 Å². The standard InChI is InChI=1S/C32H34N6O6/c1-2-15-36-21-29(40)37-27(17-22-11-13-26(39)14-12-22)31(42)35(19-24-9-6-10-25(16-24)30(41)34-44)20-28(37)38(36)32(43)33-18-23-7-4-3-5-8-23/h2-14,16,27-28,39,44H,1,15,17-21H2,(H,33,43)(H,34,41)/t27?,28-/m0/s1. The summed E-state index contributed by atoms with van der Waals surface area (Å²) in [7, 11) is 0. The van der Waals surface area contributed by atoms with Crippen molar-refractivity contribution in [2.75, 3.05) is 19.6 Å². The Labute approximate surface area is 254 Å². The molecule has 0 saturated carbocycles. The summed E-state index contributed by atoms with van der Waals surface area (Å²) in [6.45, 7) is 4.27. The molecule has 3 aromatic carbocycles. The molecule has 0 spiro atoms. The number of urea groups is 1. The third kappa shape index (κ3) is 6.56. The number of amides is 5. The molecule has 2 aliphatic heterocycles. The minimum absolute atomic E-state index is 0.0134. The van der Waals surface area contributed by atoms with Crippen molar-refractivity contribution in [2.45, 2.75) is 31.7 Å². The van der Waals surface area contributed by atoms with Crippen molar-refractivity contribution in [2.24, 2.45) is 0 Å². The van der Waals surface area contributed by atoms with Gasteiger partial charge in [-0.25, -0.2) is 20.3 Å². The van der Waals surface area contributed by atoms with Crippen molar-refractivity contribution in [1.29, 1.82) is 0 Å². The summed E-state index contributed by atoms with van der Waals surface area (Å²) >= 11 is 0. The lowest BCUT2D eigenvalue weighted by atomic mass is 9.98. The predicted molar refractivity (Wildman–Crippen MR) is 160 cm³/mol. The fraction of sp³-hybridized carbons (Fsp3) is 0.250. The molecule has 5 rings (SSSR count). The van der Waals surface area contributed by atoms with Crippen molar-refractivity contribution >= 4 is 23.8 Å². The lowest BCUT2D eigenvalue weighted by molar-refractivity contribution is -0.189. The Morgan fingerprint density at radius 1 is 0.955 bits per heavy atom. The van der Waals surface area contributed by atoms with Crippen LogP contribution in [-0.2, 0) is 29.1 Å². The number of carbonyl (C=O) groups is 4. The molecule has 5 amide bonds. The Balaban J connectivity index is 1.50. The van der Waals surface area contributed by atoms with Gasteiger partial charge in [0.15, 0.2) is 0 Å². The summed E-state index contributed by atoms with van der Waals surface area (Å²) in [6.07, 6.45) is 0.930. The van der Waals surface area contributed by atoms with E-state index in [9.17, 15) is 24.3 Å². The van der Waals surface area contributed by atoms with E-state index in [4.69, 9.17) is 5.21 Å². The highest BCUT2D eigenvalue weighted by Crippen LogP contribution is 2.29. The number of hydrazine groups is 1. The highest BCUT2D eigenvalue weighted by atomic mass is 16.5. The predicted octanol–water partition coefficient (Wildman–Crippen LogP) is 2.25. The minimum atomic E-state index is -0.940. The Morgan fingerprint density at radius 3 is 2.39 bits per heavy atom. The zero-order valence-electron chi connectivity index (χ0n) is 24.0.